The lowest BCUT2D eigenvalue weighted by molar-refractivity contribution is 0.424. The fraction of sp³-hybridized carbons (Fsp3) is 0.0833. The number of aromatic nitrogens is 1. The van der Waals surface area contributed by atoms with Crippen LogP contribution in [0, 0.1) is 5.82 Å². The number of halogens is 2. The molecule has 16 heavy (non-hydrogen) atoms. The Bertz CT molecular complexity index is 490. The molecule has 82 valence electrons. The van der Waals surface area contributed by atoms with E-state index in [9.17, 15) is 4.39 Å². The van der Waals surface area contributed by atoms with Crippen molar-refractivity contribution in [3.8, 4) is 11.6 Å². The van der Waals surface area contributed by atoms with Gasteiger partial charge in [-0.25, -0.2) is 9.37 Å². The highest BCUT2D eigenvalue weighted by molar-refractivity contribution is 9.08. The Labute approximate surface area is 101 Å². The molecule has 0 spiro atoms. The van der Waals surface area contributed by atoms with Crippen LogP contribution in [0.25, 0.3) is 0 Å². The van der Waals surface area contributed by atoms with Gasteiger partial charge >= 0.3 is 0 Å². The summed E-state index contributed by atoms with van der Waals surface area (Å²) in [5, 5.41) is 0.616. The normalized spacial score (nSPS) is 10.1. The van der Waals surface area contributed by atoms with Crippen LogP contribution in [0.5, 0.6) is 11.6 Å². The Hall–Kier alpha value is -1.42. The zero-order valence-electron chi connectivity index (χ0n) is 8.36. The van der Waals surface area contributed by atoms with Gasteiger partial charge in [-0.15, -0.1) is 0 Å². The number of alkyl halides is 1. The molecule has 2 rings (SSSR count). The van der Waals surface area contributed by atoms with Gasteiger partial charge in [-0.05, 0) is 18.2 Å². The first kappa shape index (κ1) is 11.1. The molecule has 0 radical (unpaired) electrons. The zero-order chi connectivity index (χ0) is 11.4. The summed E-state index contributed by atoms with van der Waals surface area (Å²) in [5.41, 5.74) is 0.880. The Morgan fingerprint density at radius 3 is 2.75 bits per heavy atom. The van der Waals surface area contributed by atoms with Crippen molar-refractivity contribution < 1.29 is 9.13 Å². The minimum Gasteiger partial charge on any atom is -0.436 e. The van der Waals surface area contributed by atoms with Crippen LogP contribution in [0.4, 0.5) is 4.39 Å². The molecule has 1 aromatic carbocycles. The number of rotatable bonds is 3. The maximum absolute atomic E-state index is 13.3. The molecule has 0 aliphatic carbocycles. The average molecular weight is 282 g/mol. The van der Waals surface area contributed by atoms with Crippen molar-refractivity contribution in [2.75, 3.05) is 0 Å². The van der Waals surface area contributed by atoms with Crippen LogP contribution < -0.4 is 4.74 Å². The van der Waals surface area contributed by atoms with Gasteiger partial charge in [-0.2, -0.15) is 0 Å². The average Bonchev–Trinajstić information content (AvgIpc) is 2.33. The highest BCUT2D eigenvalue weighted by Gasteiger charge is 2.07. The lowest BCUT2D eigenvalue weighted by atomic mass is 10.3. The van der Waals surface area contributed by atoms with Gasteiger partial charge in [-0.3, -0.25) is 0 Å². The molecule has 0 fully saturated rings. The summed E-state index contributed by atoms with van der Waals surface area (Å²) in [6.07, 6.45) is 1.61. The van der Waals surface area contributed by atoms with Crippen LogP contribution in [0.15, 0.2) is 42.6 Å². The Morgan fingerprint density at radius 2 is 2.00 bits per heavy atom. The SMILES string of the molecule is Fc1ccccc1Oc1ncccc1CBr. The standard InChI is InChI=1S/C12H9BrFNO/c13-8-9-4-3-7-15-12(9)16-11-6-2-1-5-10(11)14/h1-7H,8H2. The van der Waals surface area contributed by atoms with E-state index in [4.69, 9.17) is 4.74 Å². The van der Waals surface area contributed by atoms with Gasteiger partial charge in [0.05, 0.1) is 0 Å². The minimum absolute atomic E-state index is 0.184. The van der Waals surface area contributed by atoms with Crippen molar-refractivity contribution in [1.29, 1.82) is 0 Å². The van der Waals surface area contributed by atoms with Crippen LogP contribution >= 0.6 is 15.9 Å². The van der Waals surface area contributed by atoms with Gasteiger partial charge in [-0.1, -0.05) is 34.1 Å². The summed E-state index contributed by atoms with van der Waals surface area (Å²) >= 11 is 3.33. The molecule has 1 heterocycles. The molecular weight excluding hydrogens is 273 g/mol. The largest absolute Gasteiger partial charge is 0.436 e. The lowest BCUT2D eigenvalue weighted by Crippen LogP contribution is -1.94. The van der Waals surface area contributed by atoms with Gasteiger partial charge in [0.15, 0.2) is 11.6 Å². The van der Waals surface area contributed by atoms with E-state index in [0.717, 1.165) is 5.56 Å². The van der Waals surface area contributed by atoms with Gasteiger partial charge < -0.3 is 4.74 Å². The maximum Gasteiger partial charge on any atom is 0.223 e. The van der Waals surface area contributed by atoms with Crippen molar-refractivity contribution in [2.24, 2.45) is 0 Å². The second kappa shape index (κ2) is 5.07. The van der Waals surface area contributed by atoms with Gasteiger partial charge in [0.25, 0.3) is 0 Å². The lowest BCUT2D eigenvalue weighted by Gasteiger charge is -2.08. The molecule has 0 bridgehead atoms. The first-order valence-corrected chi connectivity index (χ1v) is 5.85. The van der Waals surface area contributed by atoms with E-state index in [1.54, 1.807) is 24.4 Å². The molecule has 0 atom stereocenters. The van der Waals surface area contributed by atoms with Crippen molar-refractivity contribution in [3.63, 3.8) is 0 Å². The van der Waals surface area contributed by atoms with Crippen molar-refractivity contribution in [2.45, 2.75) is 5.33 Å². The summed E-state index contributed by atoms with van der Waals surface area (Å²) in [6.45, 7) is 0. The van der Waals surface area contributed by atoms with E-state index >= 15 is 0 Å². The number of hydrogen-bond acceptors (Lipinski definition) is 2. The number of ether oxygens (including phenoxy) is 1. The van der Waals surface area contributed by atoms with Crippen LogP contribution in [0.2, 0.25) is 0 Å². The van der Waals surface area contributed by atoms with Gasteiger partial charge in [0.2, 0.25) is 5.88 Å². The molecule has 4 heteroatoms. The van der Waals surface area contributed by atoms with Gasteiger partial charge in [0, 0.05) is 17.1 Å². The van der Waals surface area contributed by atoms with Crippen molar-refractivity contribution in [1.82, 2.24) is 4.98 Å². The molecule has 0 amide bonds. The minimum atomic E-state index is -0.395. The number of nitrogens with zero attached hydrogens (tertiary/aromatic N) is 1. The Kier molecular flexibility index (Phi) is 3.51. The van der Waals surface area contributed by atoms with Crippen molar-refractivity contribution in [3.05, 3.63) is 54.0 Å². The molecule has 0 aliphatic heterocycles. The quantitative estimate of drug-likeness (QED) is 0.796. The third-order valence-electron chi connectivity index (χ3n) is 2.04. The van der Waals surface area contributed by atoms with Crippen LogP contribution in [0.3, 0.4) is 0 Å². The molecular formula is C12H9BrFNO. The summed E-state index contributed by atoms with van der Waals surface area (Å²) < 4.78 is 18.8. The van der Waals surface area contributed by atoms with Crippen LogP contribution in [-0.4, -0.2) is 4.98 Å². The van der Waals surface area contributed by atoms with Crippen molar-refractivity contribution >= 4 is 15.9 Å². The number of benzene rings is 1. The fourth-order valence-corrected chi connectivity index (χ4v) is 1.68. The molecule has 0 N–H and O–H groups in total. The van der Waals surface area contributed by atoms with E-state index in [0.29, 0.717) is 11.2 Å². The Morgan fingerprint density at radius 1 is 1.19 bits per heavy atom. The monoisotopic (exact) mass is 281 g/mol. The third-order valence-corrected chi connectivity index (χ3v) is 2.64. The predicted molar refractivity (Wildman–Crippen MR) is 63.3 cm³/mol. The molecule has 0 saturated heterocycles. The van der Waals surface area contributed by atoms with Crippen LogP contribution in [-0.2, 0) is 5.33 Å². The van der Waals surface area contributed by atoms with Gasteiger partial charge in [0.1, 0.15) is 0 Å². The van der Waals surface area contributed by atoms with E-state index in [1.807, 2.05) is 12.1 Å². The first-order valence-electron chi connectivity index (χ1n) is 4.73. The molecule has 0 aliphatic rings. The van der Waals surface area contributed by atoms with E-state index in [1.165, 1.54) is 6.07 Å². The highest BCUT2D eigenvalue weighted by atomic mass is 79.9. The summed E-state index contributed by atoms with van der Waals surface area (Å²) in [6, 6.07) is 9.94. The summed E-state index contributed by atoms with van der Waals surface area (Å²) in [7, 11) is 0. The third kappa shape index (κ3) is 2.39. The highest BCUT2D eigenvalue weighted by Crippen LogP contribution is 2.26. The first-order chi connectivity index (χ1) is 7.81. The predicted octanol–water partition coefficient (Wildman–Crippen LogP) is 3.91. The molecule has 0 unspecified atom stereocenters. The number of hydrogen-bond donors (Lipinski definition) is 0. The second-order valence-corrected chi connectivity index (χ2v) is 3.69. The topological polar surface area (TPSA) is 22.1 Å². The number of para-hydroxylation sites is 1. The second-order valence-electron chi connectivity index (χ2n) is 3.13. The fourth-order valence-electron chi connectivity index (χ4n) is 1.25. The molecule has 2 aromatic rings. The maximum atomic E-state index is 13.3. The van der Waals surface area contributed by atoms with E-state index in [2.05, 4.69) is 20.9 Å². The summed E-state index contributed by atoms with van der Waals surface area (Å²) in [4.78, 5) is 4.07. The molecule has 2 nitrogen and oxygen atoms in total. The number of pyridine rings is 1. The molecule has 0 saturated carbocycles. The Balaban J connectivity index is 2.30. The van der Waals surface area contributed by atoms with E-state index in [-0.39, 0.29) is 5.75 Å². The van der Waals surface area contributed by atoms with Crippen LogP contribution in [0.1, 0.15) is 5.56 Å². The summed E-state index contributed by atoms with van der Waals surface area (Å²) in [5.74, 6) is 0.210. The zero-order valence-corrected chi connectivity index (χ0v) is 9.95. The molecule has 1 aromatic heterocycles. The smallest absolute Gasteiger partial charge is 0.223 e. The van der Waals surface area contributed by atoms with E-state index < -0.39 is 5.82 Å².